The minimum absolute atomic E-state index is 0.144. The monoisotopic (exact) mass is 318 g/mol. The lowest BCUT2D eigenvalue weighted by Crippen LogP contribution is -2.35. The molecule has 0 aliphatic heterocycles. The molecule has 1 saturated carbocycles. The number of hydrogen-bond acceptors (Lipinski definition) is 2. The van der Waals surface area contributed by atoms with Gasteiger partial charge in [0.05, 0.1) is 6.04 Å². The van der Waals surface area contributed by atoms with Crippen LogP contribution in [0.2, 0.25) is 0 Å². The van der Waals surface area contributed by atoms with E-state index in [1.165, 1.54) is 12.8 Å². The molecule has 0 radical (unpaired) electrons. The first-order valence-electron chi connectivity index (χ1n) is 8.74. The van der Waals surface area contributed by atoms with Gasteiger partial charge in [-0.05, 0) is 24.5 Å². The number of nitrogens with one attached hydrogen (secondary N) is 2. The van der Waals surface area contributed by atoms with Crippen molar-refractivity contribution in [2.45, 2.75) is 37.8 Å². The van der Waals surface area contributed by atoms with Crippen molar-refractivity contribution in [3.05, 3.63) is 71.9 Å². The number of H-pyrrole nitrogens is 1. The zero-order valence-electron chi connectivity index (χ0n) is 13.7. The fourth-order valence-corrected chi connectivity index (χ4v) is 3.73. The first kappa shape index (κ1) is 15.2. The van der Waals surface area contributed by atoms with Gasteiger partial charge in [0.1, 0.15) is 0 Å². The van der Waals surface area contributed by atoms with Crippen LogP contribution in [0, 0.1) is 0 Å². The summed E-state index contributed by atoms with van der Waals surface area (Å²) in [7, 11) is 0. The third-order valence-electron chi connectivity index (χ3n) is 5.01. The Balaban J connectivity index is 1.70. The Hall–Kier alpha value is -2.39. The molecule has 1 atom stereocenters. The van der Waals surface area contributed by atoms with E-state index in [2.05, 4.69) is 10.3 Å². The predicted molar refractivity (Wildman–Crippen MR) is 97.2 cm³/mol. The van der Waals surface area contributed by atoms with Gasteiger partial charge < -0.3 is 10.3 Å². The number of ketones is 1. The summed E-state index contributed by atoms with van der Waals surface area (Å²) in [6, 6.07) is 18.2. The van der Waals surface area contributed by atoms with Crippen LogP contribution in [0.15, 0.2) is 60.8 Å². The number of hydrogen-bond donors (Lipinski definition) is 2. The van der Waals surface area contributed by atoms with Crippen molar-refractivity contribution >= 4 is 16.7 Å². The van der Waals surface area contributed by atoms with Gasteiger partial charge in [-0.15, -0.1) is 0 Å². The second-order valence-electron chi connectivity index (χ2n) is 6.60. The van der Waals surface area contributed by atoms with Gasteiger partial charge in [0, 0.05) is 28.7 Å². The number of para-hydroxylation sites is 1. The first-order valence-corrected chi connectivity index (χ1v) is 8.74. The van der Waals surface area contributed by atoms with Crippen molar-refractivity contribution in [2.75, 3.05) is 0 Å². The molecule has 4 rings (SSSR count). The molecule has 122 valence electrons. The number of rotatable bonds is 5. The van der Waals surface area contributed by atoms with E-state index >= 15 is 0 Å². The SMILES string of the molecule is O=C(c1c[nH]c2ccccc12)[C@@H](NC1CCCC1)c1ccccc1. The predicted octanol–water partition coefficient (Wildman–Crippen LogP) is 4.62. The molecule has 0 spiro atoms. The van der Waals surface area contributed by atoms with Gasteiger partial charge in [0.15, 0.2) is 5.78 Å². The van der Waals surface area contributed by atoms with E-state index in [1.54, 1.807) is 0 Å². The second kappa shape index (κ2) is 6.62. The van der Waals surface area contributed by atoms with Crippen LogP contribution in [0.4, 0.5) is 0 Å². The van der Waals surface area contributed by atoms with Crippen molar-refractivity contribution in [1.82, 2.24) is 10.3 Å². The maximum Gasteiger partial charge on any atom is 0.186 e. The molecule has 24 heavy (non-hydrogen) atoms. The van der Waals surface area contributed by atoms with E-state index in [4.69, 9.17) is 0 Å². The van der Waals surface area contributed by atoms with Crippen molar-refractivity contribution in [2.24, 2.45) is 0 Å². The molecule has 0 unspecified atom stereocenters. The third kappa shape index (κ3) is 2.87. The van der Waals surface area contributed by atoms with E-state index < -0.39 is 0 Å². The highest BCUT2D eigenvalue weighted by atomic mass is 16.1. The van der Waals surface area contributed by atoms with Crippen LogP contribution in [0.1, 0.15) is 47.6 Å². The molecule has 3 nitrogen and oxygen atoms in total. The van der Waals surface area contributed by atoms with E-state index in [9.17, 15) is 4.79 Å². The van der Waals surface area contributed by atoms with Gasteiger partial charge in [0.25, 0.3) is 0 Å². The second-order valence-corrected chi connectivity index (χ2v) is 6.60. The summed E-state index contributed by atoms with van der Waals surface area (Å²) in [5.74, 6) is 0.144. The van der Waals surface area contributed by atoms with E-state index in [0.29, 0.717) is 6.04 Å². The maximum absolute atomic E-state index is 13.3. The van der Waals surface area contributed by atoms with Crippen LogP contribution in [0.25, 0.3) is 10.9 Å². The molecular formula is C21H22N2O. The Labute approximate surface area is 142 Å². The molecule has 0 saturated heterocycles. The topological polar surface area (TPSA) is 44.9 Å². The molecule has 1 aliphatic rings. The molecule has 2 aromatic carbocycles. The minimum atomic E-state index is -0.284. The van der Waals surface area contributed by atoms with Crippen LogP contribution in [-0.2, 0) is 0 Å². The molecular weight excluding hydrogens is 296 g/mol. The van der Waals surface area contributed by atoms with Crippen LogP contribution in [0.5, 0.6) is 0 Å². The quantitative estimate of drug-likeness (QED) is 0.674. The van der Waals surface area contributed by atoms with Gasteiger partial charge >= 0.3 is 0 Å². The van der Waals surface area contributed by atoms with Crippen LogP contribution in [0.3, 0.4) is 0 Å². The van der Waals surface area contributed by atoms with E-state index in [0.717, 1.165) is 34.9 Å². The number of benzene rings is 2. The van der Waals surface area contributed by atoms with Gasteiger partial charge in [0.2, 0.25) is 0 Å². The lowest BCUT2D eigenvalue weighted by molar-refractivity contribution is 0.0937. The Morgan fingerprint density at radius 3 is 2.50 bits per heavy atom. The van der Waals surface area contributed by atoms with Gasteiger partial charge in [-0.25, -0.2) is 0 Å². The normalized spacial score (nSPS) is 16.5. The summed E-state index contributed by atoms with van der Waals surface area (Å²) in [6.45, 7) is 0. The average molecular weight is 318 g/mol. The Morgan fingerprint density at radius 1 is 1.00 bits per heavy atom. The molecule has 1 aliphatic carbocycles. The Morgan fingerprint density at radius 2 is 1.71 bits per heavy atom. The van der Waals surface area contributed by atoms with Crippen LogP contribution >= 0.6 is 0 Å². The molecule has 2 N–H and O–H groups in total. The number of fused-ring (bicyclic) bond motifs is 1. The highest BCUT2D eigenvalue weighted by Crippen LogP contribution is 2.27. The first-order chi connectivity index (χ1) is 11.8. The van der Waals surface area contributed by atoms with Gasteiger partial charge in [-0.1, -0.05) is 61.4 Å². The average Bonchev–Trinajstić information content (AvgIpc) is 3.29. The zero-order valence-corrected chi connectivity index (χ0v) is 13.7. The number of aromatic nitrogens is 1. The van der Waals surface area contributed by atoms with Crippen molar-refractivity contribution in [3.8, 4) is 0 Å². The van der Waals surface area contributed by atoms with Crippen molar-refractivity contribution < 1.29 is 4.79 Å². The fourth-order valence-electron chi connectivity index (χ4n) is 3.73. The minimum Gasteiger partial charge on any atom is -0.360 e. The number of carbonyl (C=O) groups excluding carboxylic acids is 1. The molecule has 1 aromatic heterocycles. The van der Waals surface area contributed by atoms with Crippen molar-refractivity contribution in [1.29, 1.82) is 0 Å². The fraction of sp³-hybridized carbons (Fsp3) is 0.286. The highest BCUT2D eigenvalue weighted by Gasteiger charge is 2.27. The lowest BCUT2D eigenvalue weighted by atomic mass is 9.96. The summed E-state index contributed by atoms with van der Waals surface area (Å²) < 4.78 is 0. The van der Waals surface area contributed by atoms with Crippen molar-refractivity contribution in [3.63, 3.8) is 0 Å². The number of aromatic amines is 1. The van der Waals surface area contributed by atoms with Gasteiger partial charge in [-0.2, -0.15) is 0 Å². The van der Waals surface area contributed by atoms with E-state index in [-0.39, 0.29) is 11.8 Å². The zero-order chi connectivity index (χ0) is 16.4. The maximum atomic E-state index is 13.3. The standard InChI is InChI=1S/C21H22N2O/c24-21(18-14-22-19-13-7-6-12-17(18)19)20(15-8-2-1-3-9-15)23-16-10-4-5-11-16/h1-3,6-9,12-14,16,20,22-23H,4-5,10-11H2/t20-/m0/s1. The van der Waals surface area contributed by atoms with E-state index in [1.807, 2.05) is 60.8 Å². The molecule has 3 heteroatoms. The Bertz CT molecular complexity index is 831. The molecule has 3 aromatic rings. The summed E-state index contributed by atoms with van der Waals surface area (Å²) in [5.41, 5.74) is 2.82. The number of Topliss-reactive ketones (excluding diaryl/α,β-unsaturated/α-hetero) is 1. The molecule has 0 bridgehead atoms. The van der Waals surface area contributed by atoms with Gasteiger partial charge in [-0.3, -0.25) is 4.79 Å². The summed E-state index contributed by atoms with van der Waals surface area (Å²) in [6.07, 6.45) is 6.66. The Kier molecular flexibility index (Phi) is 4.18. The lowest BCUT2D eigenvalue weighted by Gasteiger charge is -2.22. The van der Waals surface area contributed by atoms with Crippen LogP contribution < -0.4 is 5.32 Å². The summed E-state index contributed by atoms with van der Waals surface area (Å²) >= 11 is 0. The summed E-state index contributed by atoms with van der Waals surface area (Å²) in [4.78, 5) is 16.5. The molecule has 1 fully saturated rings. The van der Waals surface area contributed by atoms with Crippen LogP contribution in [-0.4, -0.2) is 16.8 Å². The largest absolute Gasteiger partial charge is 0.360 e. The summed E-state index contributed by atoms with van der Waals surface area (Å²) in [5, 5.41) is 4.62. The third-order valence-corrected chi connectivity index (χ3v) is 5.01. The number of carbonyl (C=O) groups is 1. The molecule has 1 heterocycles. The molecule has 0 amide bonds. The highest BCUT2D eigenvalue weighted by molar-refractivity contribution is 6.10. The smallest absolute Gasteiger partial charge is 0.186 e.